The predicted octanol–water partition coefficient (Wildman–Crippen LogP) is 6.03. The summed E-state index contributed by atoms with van der Waals surface area (Å²) in [7, 11) is 0. The molecule has 0 aliphatic heterocycles. The standard InChI is InChI=1S/C24H39N3O/c1-3-5-6-7-8-9-10-11-12-15-20-27-22-17-14-13-16-21(22)26-23(27)18-19-25-24(28)4-2/h13-14,16-17H,3-12,15,18-20H2,1-2H3,(H,25,28). The molecule has 0 saturated heterocycles. The fraction of sp³-hybridized carbons (Fsp3) is 0.667. The number of benzene rings is 1. The van der Waals surface area contributed by atoms with Crippen molar-refractivity contribution in [3.63, 3.8) is 0 Å². The molecule has 0 fully saturated rings. The van der Waals surface area contributed by atoms with E-state index in [1.807, 2.05) is 13.0 Å². The van der Waals surface area contributed by atoms with E-state index in [0.717, 1.165) is 24.3 Å². The van der Waals surface area contributed by atoms with Gasteiger partial charge in [0.25, 0.3) is 0 Å². The van der Waals surface area contributed by atoms with Crippen LogP contribution >= 0.6 is 0 Å². The second-order valence-electron chi connectivity index (χ2n) is 7.80. The zero-order valence-electron chi connectivity index (χ0n) is 18.0. The number of hydrogen-bond acceptors (Lipinski definition) is 2. The van der Waals surface area contributed by atoms with Crippen LogP contribution in [-0.2, 0) is 17.8 Å². The van der Waals surface area contributed by atoms with Crippen LogP contribution in [0, 0.1) is 0 Å². The smallest absolute Gasteiger partial charge is 0.219 e. The maximum atomic E-state index is 11.5. The highest BCUT2D eigenvalue weighted by atomic mass is 16.1. The van der Waals surface area contributed by atoms with Crippen LogP contribution in [0.2, 0.25) is 0 Å². The Bertz CT molecular complexity index is 692. The van der Waals surface area contributed by atoms with Crippen LogP contribution in [-0.4, -0.2) is 22.0 Å². The van der Waals surface area contributed by atoms with Gasteiger partial charge in [0.1, 0.15) is 5.82 Å². The number of hydrogen-bond donors (Lipinski definition) is 1. The number of para-hydroxylation sites is 2. The molecule has 2 aromatic rings. The Hall–Kier alpha value is -1.84. The topological polar surface area (TPSA) is 46.9 Å². The Labute approximate surface area is 171 Å². The van der Waals surface area contributed by atoms with Gasteiger partial charge in [-0.2, -0.15) is 0 Å². The molecular formula is C24H39N3O. The van der Waals surface area contributed by atoms with Crippen molar-refractivity contribution in [2.24, 2.45) is 0 Å². The molecule has 0 saturated carbocycles. The van der Waals surface area contributed by atoms with Gasteiger partial charge in [0.15, 0.2) is 0 Å². The maximum Gasteiger partial charge on any atom is 0.219 e. The third kappa shape index (κ3) is 7.65. The number of nitrogens with zero attached hydrogens (tertiary/aromatic N) is 2. The van der Waals surface area contributed by atoms with E-state index in [2.05, 4.69) is 35.0 Å². The second-order valence-corrected chi connectivity index (χ2v) is 7.80. The molecule has 0 unspecified atom stereocenters. The van der Waals surface area contributed by atoms with Gasteiger partial charge < -0.3 is 9.88 Å². The van der Waals surface area contributed by atoms with E-state index in [1.54, 1.807) is 0 Å². The molecular weight excluding hydrogens is 346 g/mol. The zero-order valence-corrected chi connectivity index (χ0v) is 18.0. The molecule has 1 aromatic carbocycles. The number of carbonyl (C=O) groups is 1. The van der Waals surface area contributed by atoms with E-state index < -0.39 is 0 Å². The summed E-state index contributed by atoms with van der Waals surface area (Å²) >= 11 is 0. The van der Waals surface area contributed by atoms with E-state index >= 15 is 0 Å². The minimum Gasteiger partial charge on any atom is -0.356 e. The SMILES string of the molecule is CCCCCCCCCCCCn1c(CCNC(=O)CC)nc2ccccc21. The van der Waals surface area contributed by atoms with E-state index in [9.17, 15) is 4.79 Å². The molecule has 1 aromatic heterocycles. The maximum absolute atomic E-state index is 11.5. The summed E-state index contributed by atoms with van der Waals surface area (Å²) < 4.78 is 2.36. The summed E-state index contributed by atoms with van der Waals surface area (Å²) in [4.78, 5) is 16.3. The van der Waals surface area contributed by atoms with Gasteiger partial charge in [-0.3, -0.25) is 4.79 Å². The first-order valence-corrected chi connectivity index (χ1v) is 11.5. The van der Waals surface area contributed by atoms with Gasteiger partial charge in [-0.1, -0.05) is 83.8 Å². The molecule has 156 valence electrons. The predicted molar refractivity (Wildman–Crippen MR) is 119 cm³/mol. The third-order valence-electron chi connectivity index (χ3n) is 5.46. The minimum absolute atomic E-state index is 0.109. The largest absolute Gasteiger partial charge is 0.356 e. The number of aromatic nitrogens is 2. The van der Waals surface area contributed by atoms with E-state index in [4.69, 9.17) is 4.98 Å². The molecule has 1 heterocycles. The first kappa shape index (κ1) is 22.4. The molecule has 0 aliphatic carbocycles. The Morgan fingerprint density at radius 1 is 0.929 bits per heavy atom. The normalized spacial score (nSPS) is 11.2. The number of imidazole rings is 1. The Balaban J connectivity index is 1.75. The van der Waals surface area contributed by atoms with Crippen molar-refractivity contribution in [1.82, 2.24) is 14.9 Å². The fourth-order valence-electron chi connectivity index (χ4n) is 3.76. The second kappa shape index (κ2) is 13.4. The van der Waals surface area contributed by atoms with Gasteiger partial charge in [-0.25, -0.2) is 4.98 Å². The highest BCUT2D eigenvalue weighted by Crippen LogP contribution is 2.18. The molecule has 4 nitrogen and oxygen atoms in total. The number of carbonyl (C=O) groups excluding carboxylic acids is 1. The van der Waals surface area contributed by atoms with Gasteiger partial charge in [0.2, 0.25) is 5.91 Å². The number of fused-ring (bicyclic) bond motifs is 1. The molecule has 0 spiro atoms. The fourth-order valence-corrected chi connectivity index (χ4v) is 3.76. The third-order valence-corrected chi connectivity index (χ3v) is 5.46. The average molecular weight is 386 g/mol. The molecule has 28 heavy (non-hydrogen) atoms. The molecule has 4 heteroatoms. The van der Waals surface area contributed by atoms with Gasteiger partial charge in [-0.05, 0) is 18.6 Å². The van der Waals surface area contributed by atoms with Crippen LogP contribution in [0.15, 0.2) is 24.3 Å². The summed E-state index contributed by atoms with van der Waals surface area (Å²) in [5, 5.41) is 2.97. The summed E-state index contributed by atoms with van der Waals surface area (Å²) in [6, 6.07) is 8.37. The van der Waals surface area contributed by atoms with Crippen LogP contribution in [0.25, 0.3) is 11.0 Å². The molecule has 2 rings (SSSR count). The lowest BCUT2D eigenvalue weighted by atomic mass is 10.1. The monoisotopic (exact) mass is 385 g/mol. The Kier molecular flexibility index (Phi) is 10.7. The molecule has 0 atom stereocenters. The van der Waals surface area contributed by atoms with Crippen molar-refractivity contribution in [2.45, 2.75) is 97.4 Å². The summed E-state index contributed by atoms with van der Waals surface area (Å²) in [5.74, 6) is 1.20. The number of nitrogens with one attached hydrogen (secondary N) is 1. The van der Waals surface area contributed by atoms with Crippen LogP contribution in [0.3, 0.4) is 0 Å². The van der Waals surface area contributed by atoms with Crippen molar-refractivity contribution in [3.8, 4) is 0 Å². The molecule has 1 amide bonds. The summed E-state index contributed by atoms with van der Waals surface area (Å²) in [6.07, 6.45) is 14.8. The van der Waals surface area contributed by atoms with Crippen molar-refractivity contribution >= 4 is 16.9 Å². The minimum atomic E-state index is 0.109. The van der Waals surface area contributed by atoms with Gasteiger partial charge >= 0.3 is 0 Å². The van der Waals surface area contributed by atoms with Crippen molar-refractivity contribution in [1.29, 1.82) is 0 Å². The van der Waals surface area contributed by atoms with Crippen LogP contribution in [0.1, 0.15) is 90.3 Å². The lowest BCUT2D eigenvalue weighted by molar-refractivity contribution is -0.120. The summed E-state index contributed by atoms with van der Waals surface area (Å²) in [5.41, 5.74) is 2.28. The van der Waals surface area contributed by atoms with E-state index in [-0.39, 0.29) is 5.91 Å². The van der Waals surface area contributed by atoms with Gasteiger partial charge in [0.05, 0.1) is 11.0 Å². The first-order valence-electron chi connectivity index (χ1n) is 11.5. The zero-order chi connectivity index (χ0) is 20.0. The van der Waals surface area contributed by atoms with Gasteiger partial charge in [-0.15, -0.1) is 0 Å². The molecule has 1 N–H and O–H groups in total. The van der Waals surface area contributed by atoms with Crippen molar-refractivity contribution in [3.05, 3.63) is 30.1 Å². The van der Waals surface area contributed by atoms with Crippen LogP contribution in [0.5, 0.6) is 0 Å². The van der Waals surface area contributed by atoms with Crippen LogP contribution < -0.4 is 5.32 Å². The lowest BCUT2D eigenvalue weighted by Crippen LogP contribution is -2.25. The Morgan fingerprint density at radius 3 is 2.25 bits per heavy atom. The van der Waals surface area contributed by atoms with Crippen molar-refractivity contribution in [2.75, 3.05) is 6.54 Å². The number of aryl methyl sites for hydroxylation is 1. The lowest BCUT2D eigenvalue weighted by Gasteiger charge is -2.10. The van der Waals surface area contributed by atoms with Crippen LogP contribution in [0.4, 0.5) is 0 Å². The number of amides is 1. The summed E-state index contributed by atoms with van der Waals surface area (Å²) in [6.45, 7) is 5.84. The first-order chi connectivity index (χ1) is 13.8. The number of rotatable bonds is 15. The highest BCUT2D eigenvalue weighted by molar-refractivity contribution is 5.76. The average Bonchev–Trinajstić information content (AvgIpc) is 3.06. The van der Waals surface area contributed by atoms with E-state index in [0.29, 0.717) is 13.0 Å². The number of unbranched alkanes of at least 4 members (excludes halogenated alkanes) is 9. The van der Waals surface area contributed by atoms with Crippen molar-refractivity contribution < 1.29 is 4.79 Å². The quantitative estimate of drug-likeness (QED) is 0.381. The highest BCUT2D eigenvalue weighted by Gasteiger charge is 2.10. The molecule has 0 aliphatic rings. The molecule has 0 bridgehead atoms. The Morgan fingerprint density at radius 2 is 1.57 bits per heavy atom. The van der Waals surface area contributed by atoms with Gasteiger partial charge in [0, 0.05) is 25.9 Å². The molecule has 0 radical (unpaired) electrons. The van der Waals surface area contributed by atoms with E-state index in [1.165, 1.54) is 69.7 Å².